The number of para-hydroxylation sites is 1. The van der Waals surface area contributed by atoms with Gasteiger partial charge in [0.1, 0.15) is 11.6 Å². The van der Waals surface area contributed by atoms with E-state index in [1.807, 2.05) is 42.5 Å². The number of rotatable bonds is 12. The Bertz CT molecular complexity index is 1970. The minimum Gasteiger partial charge on any atom is -0.497 e. The van der Waals surface area contributed by atoms with E-state index in [4.69, 9.17) is 19.3 Å². The zero-order valence-corrected chi connectivity index (χ0v) is 27.8. The lowest BCUT2D eigenvalue weighted by atomic mass is 9.97. The average Bonchev–Trinajstić information content (AvgIpc) is 3.78. The van der Waals surface area contributed by atoms with Gasteiger partial charge in [-0.25, -0.2) is 9.40 Å². The quantitative estimate of drug-likeness (QED) is 0.164. The number of aromatic nitrogens is 3. The summed E-state index contributed by atoms with van der Waals surface area (Å²) in [4.78, 5) is 26.8. The lowest BCUT2D eigenvalue weighted by Gasteiger charge is -2.24. The molecule has 0 fully saturated rings. The molecular formula is C36H33FN6O5S. The minimum absolute atomic E-state index is 0.0438. The number of carbonyl (C=O) groups is 2. The summed E-state index contributed by atoms with van der Waals surface area (Å²) in [6.07, 6.45) is 0.434. The first-order valence-corrected chi connectivity index (χ1v) is 16.3. The Hall–Kier alpha value is -5.69. The molecule has 1 aromatic heterocycles. The van der Waals surface area contributed by atoms with Crippen LogP contribution in [0.1, 0.15) is 39.8 Å². The van der Waals surface area contributed by atoms with E-state index in [0.29, 0.717) is 45.9 Å². The van der Waals surface area contributed by atoms with Crippen LogP contribution in [0.4, 0.5) is 4.39 Å². The number of hydrogen-bond acceptors (Lipinski definition) is 9. The van der Waals surface area contributed by atoms with Crippen molar-refractivity contribution in [3.8, 4) is 22.9 Å². The van der Waals surface area contributed by atoms with Crippen LogP contribution < -0.4 is 19.5 Å². The molecule has 1 atom stereocenters. The van der Waals surface area contributed by atoms with Crippen molar-refractivity contribution in [1.82, 2.24) is 25.1 Å². The third kappa shape index (κ3) is 7.26. The molecule has 4 aromatic carbocycles. The predicted octanol–water partition coefficient (Wildman–Crippen LogP) is 5.83. The summed E-state index contributed by atoms with van der Waals surface area (Å²) >= 11 is 1.16. The first kappa shape index (κ1) is 33.2. The summed E-state index contributed by atoms with van der Waals surface area (Å²) in [6, 6.07) is 27.2. The van der Waals surface area contributed by atoms with Crippen LogP contribution in [0.25, 0.3) is 5.69 Å². The molecule has 11 nitrogen and oxygen atoms in total. The molecule has 6 rings (SSSR count). The summed E-state index contributed by atoms with van der Waals surface area (Å²) in [6.45, 7) is 0.0476. The molecule has 0 radical (unpaired) electrons. The number of benzene rings is 4. The van der Waals surface area contributed by atoms with Crippen molar-refractivity contribution in [3.63, 3.8) is 0 Å². The van der Waals surface area contributed by atoms with Crippen LogP contribution in [-0.4, -0.2) is 64.4 Å². The van der Waals surface area contributed by atoms with Crippen molar-refractivity contribution >= 4 is 29.3 Å². The fourth-order valence-corrected chi connectivity index (χ4v) is 6.34. The number of carbonyl (C=O) groups excluding carboxylic acids is 2. The molecule has 0 saturated carbocycles. The molecule has 2 heterocycles. The van der Waals surface area contributed by atoms with E-state index in [-0.39, 0.29) is 24.1 Å². The highest BCUT2D eigenvalue weighted by Gasteiger charge is 2.36. The molecule has 1 aliphatic heterocycles. The number of nitrogens with one attached hydrogen (secondary N) is 1. The Morgan fingerprint density at radius 2 is 1.63 bits per heavy atom. The number of nitrogens with zero attached hydrogens (tertiary/aromatic N) is 5. The Labute approximate surface area is 286 Å². The number of thioether (sulfide) groups is 1. The highest BCUT2D eigenvalue weighted by atomic mass is 32.2. The first-order valence-electron chi connectivity index (χ1n) is 15.3. The maximum atomic E-state index is 14.0. The fourth-order valence-electron chi connectivity index (χ4n) is 5.52. The van der Waals surface area contributed by atoms with Crippen LogP contribution in [0.3, 0.4) is 0 Å². The van der Waals surface area contributed by atoms with Gasteiger partial charge in [-0.15, -0.1) is 10.2 Å². The smallest absolute Gasteiger partial charge is 0.253 e. The maximum Gasteiger partial charge on any atom is 0.253 e. The molecule has 0 bridgehead atoms. The number of amides is 2. The third-order valence-corrected chi connectivity index (χ3v) is 8.85. The highest BCUT2D eigenvalue weighted by Crippen LogP contribution is 2.42. The molecule has 250 valence electrons. The molecule has 1 N–H and O–H groups in total. The van der Waals surface area contributed by atoms with Crippen molar-refractivity contribution in [3.05, 3.63) is 125 Å². The first-order chi connectivity index (χ1) is 23.9. The van der Waals surface area contributed by atoms with E-state index < -0.39 is 11.9 Å². The van der Waals surface area contributed by atoms with Crippen LogP contribution in [0.5, 0.6) is 17.2 Å². The monoisotopic (exact) mass is 680 g/mol. The second kappa shape index (κ2) is 15.0. The van der Waals surface area contributed by atoms with Gasteiger partial charge in [0.05, 0.1) is 45.4 Å². The van der Waals surface area contributed by atoms with E-state index in [9.17, 15) is 14.0 Å². The standard InChI is InChI=1S/C36H33FN6O5S/c1-46-27-18-12-23(13-19-27)29-20-30(28-10-7-11-31(47-2)34(28)48-3)43(41-29)33(44)22-49-36-40-39-32(42(36)26-16-14-25(37)15-17-26)21-38-35(45)24-8-5-4-6-9-24/h4-19,30H,20-22H2,1-3H3,(H,38,45)/t30-/m1/s1. The molecule has 1 aliphatic rings. The highest BCUT2D eigenvalue weighted by molar-refractivity contribution is 7.99. The van der Waals surface area contributed by atoms with E-state index >= 15 is 0 Å². The zero-order valence-electron chi connectivity index (χ0n) is 27.0. The van der Waals surface area contributed by atoms with Gasteiger partial charge in [-0.1, -0.05) is 42.1 Å². The van der Waals surface area contributed by atoms with E-state index in [1.54, 1.807) is 68.4 Å². The van der Waals surface area contributed by atoms with Gasteiger partial charge in [-0.2, -0.15) is 5.10 Å². The van der Waals surface area contributed by atoms with Gasteiger partial charge in [-0.05, 0) is 72.3 Å². The van der Waals surface area contributed by atoms with Gasteiger partial charge in [0.2, 0.25) is 0 Å². The summed E-state index contributed by atoms with van der Waals surface area (Å²) in [5.74, 6) is 1.17. The average molecular weight is 681 g/mol. The molecule has 13 heteroatoms. The van der Waals surface area contributed by atoms with Gasteiger partial charge in [0, 0.05) is 23.2 Å². The van der Waals surface area contributed by atoms with Crippen molar-refractivity contribution in [2.45, 2.75) is 24.2 Å². The number of methoxy groups -OCH3 is 3. The number of hydrogen-bond donors (Lipinski definition) is 1. The third-order valence-electron chi connectivity index (χ3n) is 7.93. The molecule has 0 saturated heterocycles. The Morgan fingerprint density at radius 1 is 0.878 bits per heavy atom. The number of ether oxygens (including phenoxy) is 3. The molecule has 2 amide bonds. The lowest BCUT2D eigenvalue weighted by molar-refractivity contribution is -0.130. The lowest BCUT2D eigenvalue weighted by Crippen LogP contribution is -2.29. The van der Waals surface area contributed by atoms with Crippen LogP contribution in [0.15, 0.2) is 107 Å². The molecule has 0 unspecified atom stereocenters. The van der Waals surface area contributed by atoms with Crippen molar-refractivity contribution < 1.29 is 28.2 Å². The Balaban J connectivity index is 1.28. The second-order valence-electron chi connectivity index (χ2n) is 10.9. The Morgan fingerprint density at radius 3 is 2.33 bits per heavy atom. The van der Waals surface area contributed by atoms with Crippen LogP contribution in [0.2, 0.25) is 0 Å². The largest absolute Gasteiger partial charge is 0.497 e. The molecule has 0 spiro atoms. The SMILES string of the molecule is COc1ccc(C2=NN(C(=O)CSc3nnc(CNC(=O)c4ccccc4)n3-c3ccc(F)cc3)[C@@H](c3cccc(OC)c3OC)C2)cc1. The van der Waals surface area contributed by atoms with Crippen LogP contribution in [0, 0.1) is 5.82 Å². The topological polar surface area (TPSA) is 120 Å². The van der Waals surface area contributed by atoms with Crippen molar-refractivity contribution in [2.24, 2.45) is 5.10 Å². The normalized spacial score (nSPS) is 13.9. The molecular weight excluding hydrogens is 647 g/mol. The van der Waals surface area contributed by atoms with E-state index in [1.165, 1.54) is 17.1 Å². The van der Waals surface area contributed by atoms with Crippen LogP contribution >= 0.6 is 11.8 Å². The number of halogens is 1. The summed E-state index contributed by atoms with van der Waals surface area (Å²) in [7, 11) is 4.73. The summed E-state index contributed by atoms with van der Waals surface area (Å²) < 4.78 is 32.2. The van der Waals surface area contributed by atoms with Gasteiger partial charge in [-0.3, -0.25) is 14.2 Å². The van der Waals surface area contributed by atoms with Gasteiger partial charge >= 0.3 is 0 Å². The van der Waals surface area contributed by atoms with Crippen molar-refractivity contribution in [1.29, 1.82) is 0 Å². The van der Waals surface area contributed by atoms with E-state index in [2.05, 4.69) is 15.5 Å². The summed E-state index contributed by atoms with van der Waals surface area (Å²) in [5, 5.41) is 18.2. The Kier molecular flexibility index (Phi) is 10.2. The second-order valence-corrected chi connectivity index (χ2v) is 11.8. The van der Waals surface area contributed by atoms with Crippen LogP contribution in [-0.2, 0) is 11.3 Å². The minimum atomic E-state index is -0.478. The fraction of sp³-hybridized carbons (Fsp3) is 0.194. The zero-order chi connectivity index (χ0) is 34.3. The summed E-state index contributed by atoms with van der Waals surface area (Å²) in [5.41, 5.74) is 3.40. The predicted molar refractivity (Wildman–Crippen MR) is 183 cm³/mol. The molecule has 49 heavy (non-hydrogen) atoms. The number of hydrazone groups is 1. The molecule has 0 aliphatic carbocycles. The van der Waals surface area contributed by atoms with Gasteiger partial charge < -0.3 is 19.5 Å². The van der Waals surface area contributed by atoms with Gasteiger partial charge in [0.25, 0.3) is 11.8 Å². The molecule has 5 aromatic rings. The van der Waals surface area contributed by atoms with Gasteiger partial charge in [0.15, 0.2) is 22.5 Å². The van der Waals surface area contributed by atoms with Crippen molar-refractivity contribution in [2.75, 3.05) is 27.1 Å². The van der Waals surface area contributed by atoms with E-state index in [0.717, 1.165) is 28.6 Å². The maximum absolute atomic E-state index is 14.0.